The number of carbonyl (C=O) groups is 2. The second-order valence-electron chi connectivity index (χ2n) is 8.30. The van der Waals surface area contributed by atoms with Crippen molar-refractivity contribution in [1.29, 1.82) is 0 Å². The summed E-state index contributed by atoms with van der Waals surface area (Å²) in [6.07, 6.45) is 0.968. The molecular formula is C23H29N3O3. The smallest absolute Gasteiger partial charge is 0.410 e. The van der Waals surface area contributed by atoms with Gasteiger partial charge in [0, 0.05) is 36.1 Å². The number of carbonyl (C=O) groups excluding carboxylic acids is 2. The van der Waals surface area contributed by atoms with E-state index in [0.717, 1.165) is 17.1 Å². The highest BCUT2D eigenvalue weighted by Crippen LogP contribution is 2.23. The van der Waals surface area contributed by atoms with Crippen LogP contribution in [0, 0.1) is 5.92 Å². The van der Waals surface area contributed by atoms with Gasteiger partial charge in [-0.1, -0.05) is 18.2 Å². The molecule has 0 aliphatic carbocycles. The molecule has 0 bridgehead atoms. The normalized spacial score (nSPS) is 14.9. The molecule has 2 aromatic rings. The van der Waals surface area contributed by atoms with Gasteiger partial charge in [-0.05, 0) is 70.0 Å². The topological polar surface area (TPSA) is 70.7 Å². The summed E-state index contributed by atoms with van der Waals surface area (Å²) in [5.41, 5.74) is 2.23. The van der Waals surface area contributed by atoms with E-state index in [1.165, 1.54) is 0 Å². The molecule has 1 aliphatic rings. The summed E-state index contributed by atoms with van der Waals surface area (Å²) in [4.78, 5) is 26.4. The molecule has 2 aromatic carbocycles. The van der Waals surface area contributed by atoms with Gasteiger partial charge in [-0.25, -0.2) is 4.79 Å². The highest BCUT2D eigenvalue weighted by molar-refractivity contribution is 5.93. The first kappa shape index (κ1) is 20.7. The summed E-state index contributed by atoms with van der Waals surface area (Å²) in [5.74, 6) is -0.103. The number of hydrogen-bond donors (Lipinski definition) is 2. The van der Waals surface area contributed by atoms with E-state index in [0.29, 0.717) is 25.9 Å². The maximum Gasteiger partial charge on any atom is 0.410 e. The van der Waals surface area contributed by atoms with Gasteiger partial charge in [0.05, 0.1) is 0 Å². The summed E-state index contributed by atoms with van der Waals surface area (Å²) in [5, 5.41) is 6.30. The van der Waals surface area contributed by atoms with E-state index in [9.17, 15) is 9.59 Å². The Balaban J connectivity index is 1.48. The number of piperidine rings is 1. The van der Waals surface area contributed by atoms with Crippen molar-refractivity contribution >= 4 is 29.1 Å². The Morgan fingerprint density at radius 3 is 2.03 bits per heavy atom. The van der Waals surface area contributed by atoms with Gasteiger partial charge in [0.15, 0.2) is 0 Å². The number of anilines is 3. The van der Waals surface area contributed by atoms with Crippen LogP contribution in [0.25, 0.3) is 0 Å². The fourth-order valence-electron chi connectivity index (χ4n) is 3.22. The number of amides is 2. The molecule has 154 valence electrons. The SMILES string of the molecule is CC(C)(C)OC(=O)N1CCC(C(=O)Nc2ccc(Nc3ccccc3)cc2)CC1. The van der Waals surface area contributed by atoms with Crippen molar-refractivity contribution < 1.29 is 14.3 Å². The molecule has 2 N–H and O–H groups in total. The van der Waals surface area contributed by atoms with Crippen LogP contribution in [0.2, 0.25) is 0 Å². The molecule has 1 saturated heterocycles. The van der Waals surface area contributed by atoms with Crippen molar-refractivity contribution in [3.63, 3.8) is 0 Å². The van der Waals surface area contributed by atoms with Crippen LogP contribution in [0.15, 0.2) is 54.6 Å². The van der Waals surface area contributed by atoms with Crippen LogP contribution in [0.3, 0.4) is 0 Å². The fraction of sp³-hybridized carbons (Fsp3) is 0.391. The molecule has 29 heavy (non-hydrogen) atoms. The molecule has 1 fully saturated rings. The third kappa shape index (κ3) is 6.24. The van der Waals surface area contributed by atoms with E-state index in [-0.39, 0.29) is 17.9 Å². The molecule has 0 atom stereocenters. The van der Waals surface area contributed by atoms with E-state index < -0.39 is 5.60 Å². The molecule has 0 aromatic heterocycles. The minimum Gasteiger partial charge on any atom is -0.444 e. The van der Waals surface area contributed by atoms with Crippen molar-refractivity contribution in [1.82, 2.24) is 4.90 Å². The van der Waals surface area contributed by atoms with E-state index in [4.69, 9.17) is 4.74 Å². The van der Waals surface area contributed by atoms with E-state index in [2.05, 4.69) is 10.6 Å². The summed E-state index contributed by atoms with van der Waals surface area (Å²) in [6, 6.07) is 17.6. The van der Waals surface area contributed by atoms with Crippen molar-refractivity contribution in [3.8, 4) is 0 Å². The first-order chi connectivity index (χ1) is 13.8. The number of benzene rings is 2. The van der Waals surface area contributed by atoms with Crippen molar-refractivity contribution in [3.05, 3.63) is 54.6 Å². The van der Waals surface area contributed by atoms with Gasteiger partial charge < -0.3 is 20.3 Å². The van der Waals surface area contributed by atoms with E-state index >= 15 is 0 Å². The standard InChI is InChI=1S/C23H29N3O3/c1-23(2,3)29-22(28)26-15-13-17(14-16-26)21(27)25-20-11-9-19(10-12-20)24-18-7-5-4-6-8-18/h4-12,17,24H,13-16H2,1-3H3,(H,25,27). The zero-order valence-electron chi connectivity index (χ0n) is 17.3. The number of nitrogens with zero attached hydrogens (tertiary/aromatic N) is 1. The number of nitrogens with one attached hydrogen (secondary N) is 2. The zero-order valence-corrected chi connectivity index (χ0v) is 17.3. The van der Waals surface area contributed by atoms with Crippen LogP contribution in [0.1, 0.15) is 33.6 Å². The summed E-state index contributed by atoms with van der Waals surface area (Å²) < 4.78 is 5.40. The van der Waals surface area contributed by atoms with E-state index in [1.807, 2.05) is 75.4 Å². The van der Waals surface area contributed by atoms with Gasteiger partial charge in [-0.15, -0.1) is 0 Å². The van der Waals surface area contributed by atoms with Gasteiger partial charge in [-0.2, -0.15) is 0 Å². The van der Waals surface area contributed by atoms with Crippen LogP contribution in [-0.4, -0.2) is 35.6 Å². The van der Waals surface area contributed by atoms with E-state index in [1.54, 1.807) is 4.90 Å². The summed E-state index contributed by atoms with van der Waals surface area (Å²) >= 11 is 0. The fourth-order valence-corrected chi connectivity index (χ4v) is 3.22. The number of hydrogen-bond acceptors (Lipinski definition) is 4. The van der Waals surface area contributed by atoms with Gasteiger partial charge in [0.25, 0.3) is 0 Å². The molecule has 0 saturated carbocycles. The third-order valence-corrected chi connectivity index (χ3v) is 4.73. The Labute approximate surface area is 172 Å². The molecule has 0 unspecified atom stereocenters. The average Bonchev–Trinajstić information content (AvgIpc) is 2.69. The minimum absolute atomic E-state index is 0.00222. The molecule has 1 heterocycles. The Morgan fingerprint density at radius 2 is 1.45 bits per heavy atom. The Bertz CT molecular complexity index is 821. The largest absolute Gasteiger partial charge is 0.444 e. The maximum absolute atomic E-state index is 12.6. The molecule has 6 nitrogen and oxygen atoms in total. The van der Waals surface area contributed by atoms with Gasteiger partial charge in [0.1, 0.15) is 5.60 Å². The lowest BCUT2D eigenvalue weighted by molar-refractivity contribution is -0.121. The van der Waals surface area contributed by atoms with Gasteiger partial charge in [0.2, 0.25) is 5.91 Å². The van der Waals surface area contributed by atoms with Crippen molar-refractivity contribution in [2.45, 2.75) is 39.2 Å². The van der Waals surface area contributed by atoms with Gasteiger partial charge >= 0.3 is 6.09 Å². The number of likely N-dealkylation sites (tertiary alicyclic amines) is 1. The highest BCUT2D eigenvalue weighted by atomic mass is 16.6. The van der Waals surface area contributed by atoms with Crippen molar-refractivity contribution in [2.75, 3.05) is 23.7 Å². The van der Waals surface area contributed by atoms with Crippen LogP contribution >= 0.6 is 0 Å². The monoisotopic (exact) mass is 395 g/mol. The first-order valence-corrected chi connectivity index (χ1v) is 10.0. The lowest BCUT2D eigenvalue weighted by Crippen LogP contribution is -2.43. The van der Waals surface area contributed by atoms with Gasteiger partial charge in [-0.3, -0.25) is 4.79 Å². The van der Waals surface area contributed by atoms with Crippen LogP contribution < -0.4 is 10.6 Å². The lowest BCUT2D eigenvalue weighted by Gasteiger charge is -2.32. The van der Waals surface area contributed by atoms with Crippen LogP contribution in [0.4, 0.5) is 21.9 Å². The number of ether oxygens (including phenoxy) is 1. The molecule has 1 aliphatic heterocycles. The zero-order chi connectivity index (χ0) is 20.9. The lowest BCUT2D eigenvalue weighted by atomic mass is 9.96. The predicted molar refractivity (Wildman–Crippen MR) is 115 cm³/mol. The molecule has 0 radical (unpaired) electrons. The highest BCUT2D eigenvalue weighted by Gasteiger charge is 2.29. The third-order valence-electron chi connectivity index (χ3n) is 4.73. The maximum atomic E-state index is 12.6. The van der Waals surface area contributed by atoms with Crippen molar-refractivity contribution in [2.24, 2.45) is 5.92 Å². The minimum atomic E-state index is -0.507. The quantitative estimate of drug-likeness (QED) is 0.763. The van der Waals surface area contributed by atoms with Crippen LogP contribution in [0.5, 0.6) is 0 Å². The average molecular weight is 396 g/mol. The number of rotatable bonds is 4. The number of para-hydroxylation sites is 1. The molecule has 3 rings (SSSR count). The summed E-state index contributed by atoms with van der Waals surface area (Å²) in [7, 11) is 0. The molecular weight excluding hydrogens is 366 g/mol. The second-order valence-corrected chi connectivity index (χ2v) is 8.30. The second kappa shape index (κ2) is 8.99. The molecule has 0 spiro atoms. The molecule has 6 heteroatoms. The summed E-state index contributed by atoms with van der Waals surface area (Å²) in [6.45, 7) is 6.63. The van der Waals surface area contributed by atoms with Crippen LogP contribution in [-0.2, 0) is 9.53 Å². The Kier molecular flexibility index (Phi) is 6.42. The predicted octanol–water partition coefficient (Wildman–Crippen LogP) is 5.02. The first-order valence-electron chi connectivity index (χ1n) is 10.0. The molecule has 2 amide bonds. The Hall–Kier alpha value is -3.02. The Morgan fingerprint density at radius 1 is 0.897 bits per heavy atom.